The van der Waals surface area contributed by atoms with E-state index in [0.717, 1.165) is 17.6 Å². The number of nitrogens with one attached hydrogen (secondary N) is 1. The number of ether oxygens (including phenoxy) is 1. The number of benzene rings is 1. The lowest BCUT2D eigenvalue weighted by molar-refractivity contribution is 0.103. The molecule has 0 aromatic heterocycles. The Labute approximate surface area is 118 Å². The van der Waals surface area contributed by atoms with Gasteiger partial charge in [0.1, 0.15) is 0 Å². The lowest BCUT2D eigenvalue weighted by Gasteiger charge is -2.14. The van der Waals surface area contributed by atoms with Crippen LogP contribution >= 0.6 is 15.9 Å². The molecule has 1 aliphatic heterocycles. The zero-order chi connectivity index (χ0) is 13.0. The summed E-state index contributed by atoms with van der Waals surface area (Å²) in [6, 6.07) is 4.38. The summed E-state index contributed by atoms with van der Waals surface area (Å²) in [4.78, 5) is 0. The van der Waals surface area contributed by atoms with E-state index in [-0.39, 0.29) is 0 Å². The van der Waals surface area contributed by atoms with Gasteiger partial charge in [-0.05, 0) is 72.7 Å². The van der Waals surface area contributed by atoms with Crippen LogP contribution in [0.15, 0.2) is 16.6 Å². The quantitative estimate of drug-likeness (QED) is 0.812. The van der Waals surface area contributed by atoms with E-state index < -0.39 is 0 Å². The maximum atomic E-state index is 5.63. The first-order chi connectivity index (χ1) is 8.66. The summed E-state index contributed by atoms with van der Waals surface area (Å²) in [6.07, 6.45) is 5.34. The van der Waals surface area contributed by atoms with Crippen molar-refractivity contribution in [2.24, 2.45) is 0 Å². The number of aryl methyl sites for hydroxylation is 2. The van der Waals surface area contributed by atoms with Crippen molar-refractivity contribution in [3.63, 3.8) is 0 Å². The molecule has 1 aromatic carbocycles. The fourth-order valence-electron chi connectivity index (χ4n) is 2.55. The van der Waals surface area contributed by atoms with Gasteiger partial charge in [-0.2, -0.15) is 0 Å². The number of anilines is 1. The van der Waals surface area contributed by atoms with Crippen LogP contribution in [-0.4, -0.2) is 19.3 Å². The second-order valence-electron chi connectivity index (χ2n) is 5.14. The van der Waals surface area contributed by atoms with E-state index in [2.05, 4.69) is 47.2 Å². The van der Waals surface area contributed by atoms with Crippen LogP contribution in [0.2, 0.25) is 0 Å². The van der Waals surface area contributed by atoms with Crippen LogP contribution < -0.4 is 5.32 Å². The minimum absolute atomic E-state index is 0.509. The van der Waals surface area contributed by atoms with E-state index >= 15 is 0 Å². The fourth-order valence-corrected chi connectivity index (χ4v) is 3.37. The number of halogens is 1. The minimum atomic E-state index is 0.509. The van der Waals surface area contributed by atoms with Gasteiger partial charge >= 0.3 is 0 Å². The summed E-state index contributed by atoms with van der Waals surface area (Å²) in [7, 11) is 0. The number of rotatable bonds is 5. The van der Waals surface area contributed by atoms with E-state index in [1.54, 1.807) is 0 Å². The second-order valence-corrected chi connectivity index (χ2v) is 6.00. The van der Waals surface area contributed by atoms with Gasteiger partial charge in [-0.15, -0.1) is 0 Å². The molecule has 18 heavy (non-hydrogen) atoms. The van der Waals surface area contributed by atoms with Crippen LogP contribution in [0.5, 0.6) is 0 Å². The van der Waals surface area contributed by atoms with Crippen molar-refractivity contribution < 1.29 is 4.74 Å². The second kappa shape index (κ2) is 6.58. The Kier molecular flexibility index (Phi) is 5.07. The molecule has 0 radical (unpaired) electrons. The predicted molar refractivity (Wildman–Crippen MR) is 80.3 cm³/mol. The highest BCUT2D eigenvalue weighted by Crippen LogP contribution is 2.27. The maximum absolute atomic E-state index is 5.63. The zero-order valence-electron chi connectivity index (χ0n) is 11.3. The van der Waals surface area contributed by atoms with Gasteiger partial charge in [0.05, 0.1) is 11.8 Å². The van der Waals surface area contributed by atoms with Gasteiger partial charge < -0.3 is 10.1 Å². The molecule has 100 valence electrons. The first kappa shape index (κ1) is 13.9. The van der Waals surface area contributed by atoms with Gasteiger partial charge in [0.15, 0.2) is 0 Å². The normalized spacial score (nSPS) is 19.2. The van der Waals surface area contributed by atoms with E-state index in [0.29, 0.717) is 6.10 Å². The Morgan fingerprint density at radius 3 is 2.89 bits per heavy atom. The summed E-state index contributed by atoms with van der Waals surface area (Å²) in [5.74, 6) is 0. The highest BCUT2D eigenvalue weighted by atomic mass is 79.9. The molecule has 0 bridgehead atoms. The first-order valence-electron chi connectivity index (χ1n) is 6.79. The van der Waals surface area contributed by atoms with Crippen molar-refractivity contribution in [3.05, 3.63) is 27.7 Å². The Bertz CT molecular complexity index is 376. The predicted octanol–water partition coefficient (Wildman–Crippen LogP) is 4.44. The topological polar surface area (TPSA) is 21.3 Å². The zero-order valence-corrected chi connectivity index (χ0v) is 12.8. The van der Waals surface area contributed by atoms with Gasteiger partial charge in [-0.25, -0.2) is 0 Å². The SMILES string of the molecule is Cc1cc(C)c(NCCCC2CCCO2)c(Br)c1. The van der Waals surface area contributed by atoms with E-state index in [9.17, 15) is 0 Å². The standard InChI is InChI=1S/C15H22BrNO/c1-11-9-12(2)15(14(16)10-11)17-7-3-5-13-6-4-8-18-13/h9-10,13,17H,3-8H2,1-2H3. The van der Waals surface area contributed by atoms with Gasteiger partial charge in [-0.3, -0.25) is 0 Å². The summed E-state index contributed by atoms with van der Waals surface area (Å²) in [5.41, 5.74) is 3.83. The number of hydrogen-bond donors (Lipinski definition) is 1. The molecule has 0 amide bonds. The molecule has 1 aromatic rings. The molecule has 1 saturated heterocycles. The molecular weight excluding hydrogens is 290 g/mol. The Morgan fingerprint density at radius 2 is 2.22 bits per heavy atom. The molecule has 0 saturated carbocycles. The highest BCUT2D eigenvalue weighted by Gasteiger charge is 2.14. The van der Waals surface area contributed by atoms with Gasteiger partial charge in [0.2, 0.25) is 0 Å². The Balaban J connectivity index is 1.79. The summed E-state index contributed by atoms with van der Waals surface area (Å²) < 4.78 is 6.80. The molecule has 1 unspecified atom stereocenters. The van der Waals surface area contributed by atoms with Crippen molar-refractivity contribution in [2.75, 3.05) is 18.5 Å². The van der Waals surface area contributed by atoms with Gasteiger partial charge in [0.25, 0.3) is 0 Å². The highest BCUT2D eigenvalue weighted by molar-refractivity contribution is 9.10. The van der Waals surface area contributed by atoms with E-state index in [1.165, 1.54) is 42.5 Å². The smallest absolute Gasteiger partial charge is 0.0576 e. The largest absolute Gasteiger partial charge is 0.384 e. The van der Waals surface area contributed by atoms with Gasteiger partial charge in [-0.1, -0.05) is 6.07 Å². The average Bonchev–Trinajstić information content (AvgIpc) is 2.79. The van der Waals surface area contributed by atoms with Crippen LogP contribution in [0, 0.1) is 13.8 Å². The minimum Gasteiger partial charge on any atom is -0.384 e. The third-order valence-corrected chi connectivity index (χ3v) is 4.09. The lowest BCUT2D eigenvalue weighted by atomic mass is 10.1. The van der Waals surface area contributed by atoms with Crippen molar-refractivity contribution >= 4 is 21.6 Å². The summed E-state index contributed by atoms with van der Waals surface area (Å²) in [5, 5.41) is 3.53. The van der Waals surface area contributed by atoms with Crippen LogP contribution in [0.3, 0.4) is 0 Å². The molecule has 1 N–H and O–H groups in total. The average molecular weight is 312 g/mol. The Morgan fingerprint density at radius 1 is 1.39 bits per heavy atom. The fraction of sp³-hybridized carbons (Fsp3) is 0.600. The molecular formula is C15H22BrNO. The van der Waals surface area contributed by atoms with Crippen molar-refractivity contribution in [2.45, 2.75) is 45.6 Å². The van der Waals surface area contributed by atoms with Crippen molar-refractivity contribution in [1.82, 2.24) is 0 Å². The number of hydrogen-bond acceptors (Lipinski definition) is 2. The van der Waals surface area contributed by atoms with Gasteiger partial charge in [0, 0.05) is 17.6 Å². The van der Waals surface area contributed by atoms with E-state index in [1.807, 2.05) is 0 Å². The van der Waals surface area contributed by atoms with Crippen molar-refractivity contribution in [1.29, 1.82) is 0 Å². The molecule has 2 nitrogen and oxygen atoms in total. The Hall–Kier alpha value is -0.540. The monoisotopic (exact) mass is 311 g/mol. The van der Waals surface area contributed by atoms with Crippen LogP contribution in [-0.2, 0) is 4.74 Å². The third-order valence-electron chi connectivity index (χ3n) is 3.46. The maximum Gasteiger partial charge on any atom is 0.0576 e. The van der Waals surface area contributed by atoms with Crippen molar-refractivity contribution in [3.8, 4) is 0 Å². The summed E-state index contributed by atoms with van der Waals surface area (Å²) >= 11 is 3.63. The molecule has 2 rings (SSSR count). The molecule has 3 heteroatoms. The van der Waals surface area contributed by atoms with Crippen LogP contribution in [0.25, 0.3) is 0 Å². The lowest BCUT2D eigenvalue weighted by Crippen LogP contribution is -2.10. The van der Waals surface area contributed by atoms with Crippen LogP contribution in [0.1, 0.15) is 36.8 Å². The first-order valence-corrected chi connectivity index (χ1v) is 7.58. The molecule has 0 spiro atoms. The summed E-state index contributed by atoms with van der Waals surface area (Å²) in [6.45, 7) is 6.25. The molecule has 1 atom stereocenters. The molecule has 1 aliphatic rings. The molecule has 0 aliphatic carbocycles. The van der Waals surface area contributed by atoms with Crippen LogP contribution in [0.4, 0.5) is 5.69 Å². The van der Waals surface area contributed by atoms with E-state index in [4.69, 9.17) is 4.74 Å². The molecule has 1 heterocycles. The third kappa shape index (κ3) is 3.72. The molecule has 1 fully saturated rings.